The molecule has 1 aromatic heterocycles. The second-order valence-electron chi connectivity index (χ2n) is 5.51. The molecule has 0 aliphatic heterocycles. The summed E-state index contributed by atoms with van der Waals surface area (Å²) in [6.45, 7) is 4.80. The van der Waals surface area contributed by atoms with Crippen LogP contribution in [0.15, 0.2) is 29.4 Å². The monoisotopic (exact) mass is 382 g/mol. The number of carbonyl (C=O) groups is 1. The zero-order chi connectivity index (χ0) is 18.2. The fourth-order valence-corrected chi connectivity index (χ4v) is 3.32. The number of thioether (sulfide) groups is 2. The molecule has 1 heterocycles. The molecule has 136 valence electrons. The van der Waals surface area contributed by atoms with Crippen molar-refractivity contribution in [3.63, 3.8) is 0 Å². The summed E-state index contributed by atoms with van der Waals surface area (Å²) in [5.41, 5.74) is 0.247. The van der Waals surface area contributed by atoms with Gasteiger partial charge in [-0.3, -0.25) is 0 Å². The molecule has 2 aromatic rings. The van der Waals surface area contributed by atoms with Crippen molar-refractivity contribution in [3.05, 3.63) is 35.7 Å². The van der Waals surface area contributed by atoms with E-state index in [2.05, 4.69) is 24.0 Å². The molecule has 0 bridgehead atoms. The van der Waals surface area contributed by atoms with Gasteiger partial charge in [0.2, 0.25) is 5.16 Å². The Balaban J connectivity index is 1.70. The molecule has 0 aliphatic carbocycles. The van der Waals surface area contributed by atoms with E-state index in [1.165, 1.54) is 12.1 Å². The van der Waals surface area contributed by atoms with E-state index in [0.717, 1.165) is 23.8 Å². The quantitative estimate of drug-likeness (QED) is 0.367. The molecule has 0 saturated heterocycles. The van der Waals surface area contributed by atoms with Gasteiger partial charge in [-0.1, -0.05) is 25.6 Å². The molecular formula is C16H22N4O3S2. The Bertz CT molecular complexity index is 689. The Morgan fingerprint density at radius 3 is 2.68 bits per heavy atom. The molecule has 0 atom stereocenters. The summed E-state index contributed by atoms with van der Waals surface area (Å²) in [6.07, 6.45) is 0.814. The molecule has 0 amide bonds. The van der Waals surface area contributed by atoms with Crippen molar-refractivity contribution in [3.8, 4) is 5.75 Å². The lowest BCUT2D eigenvalue weighted by Crippen LogP contribution is -2.14. The number of nitrogens with zero attached hydrogens (tertiary/aromatic N) is 3. The number of aromatic carboxylic acids is 1. The fraction of sp³-hybridized carbons (Fsp3) is 0.438. The molecule has 25 heavy (non-hydrogen) atoms. The number of carboxylic acids is 1. The average Bonchev–Trinajstić information content (AvgIpc) is 2.93. The van der Waals surface area contributed by atoms with Crippen LogP contribution in [0.4, 0.5) is 0 Å². The second-order valence-corrected chi connectivity index (χ2v) is 8.14. The molecule has 7 nitrogen and oxygen atoms in total. The topological polar surface area (TPSA) is 103 Å². The number of hydrogen-bond acceptors (Lipinski definition) is 7. The molecule has 0 aliphatic rings. The lowest BCUT2D eigenvalue weighted by atomic mass is 10.2. The molecule has 3 N–H and O–H groups in total. The maximum Gasteiger partial charge on any atom is 0.335 e. The first kappa shape index (κ1) is 19.5. The van der Waals surface area contributed by atoms with Gasteiger partial charge in [0.1, 0.15) is 5.75 Å². The van der Waals surface area contributed by atoms with Gasteiger partial charge in [0.05, 0.1) is 17.9 Å². The van der Waals surface area contributed by atoms with Crippen LogP contribution >= 0.6 is 23.5 Å². The number of rotatable bonds is 10. The van der Waals surface area contributed by atoms with Gasteiger partial charge in [0, 0.05) is 5.75 Å². The summed E-state index contributed by atoms with van der Waals surface area (Å²) < 4.78 is 7.14. The van der Waals surface area contributed by atoms with Crippen LogP contribution < -0.4 is 10.6 Å². The van der Waals surface area contributed by atoms with Gasteiger partial charge >= 0.3 is 5.97 Å². The van der Waals surface area contributed by atoms with E-state index in [1.807, 2.05) is 0 Å². The normalized spacial score (nSPS) is 11.0. The zero-order valence-corrected chi connectivity index (χ0v) is 15.8. The highest BCUT2D eigenvalue weighted by Gasteiger charge is 2.10. The fourth-order valence-electron chi connectivity index (χ4n) is 1.85. The average molecular weight is 383 g/mol. The van der Waals surface area contributed by atoms with Crippen LogP contribution in [0.2, 0.25) is 0 Å². The number of nitrogens with two attached hydrogens (primary N) is 1. The van der Waals surface area contributed by atoms with Crippen molar-refractivity contribution in [1.29, 1.82) is 0 Å². The second kappa shape index (κ2) is 9.57. The number of hydrogen-bond donors (Lipinski definition) is 2. The minimum atomic E-state index is -0.944. The number of aromatic nitrogens is 3. The highest BCUT2D eigenvalue weighted by molar-refractivity contribution is 7.99. The first-order valence-electron chi connectivity index (χ1n) is 7.87. The molecule has 9 heteroatoms. The standard InChI is InChI=1S/C16H22N4O3S2/c1-11(2)25-10-14-18-19-16(20(14)17)24-9-3-8-23-13-6-4-12(5-7-13)15(21)22/h4-7,11H,3,8-10,17H2,1-2H3,(H,21,22). The third kappa shape index (κ3) is 6.17. The Kier molecular flexibility index (Phi) is 7.45. The summed E-state index contributed by atoms with van der Waals surface area (Å²) in [5, 5.41) is 18.3. The molecule has 0 saturated carbocycles. The van der Waals surface area contributed by atoms with E-state index in [9.17, 15) is 4.79 Å². The molecule has 0 unspecified atom stereocenters. The third-order valence-electron chi connectivity index (χ3n) is 3.17. The first-order chi connectivity index (χ1) is 12.0. The SMILES string of the molecule is CC(C)SCc1nnc(SCCCOc2ccc(C(=O)O)cc2)n1N. The Morgan fingerprint density at radius 2 is 2.04 bits per heavy atom. The van der Waals surface area contributed by atoms with Crippen molar-refractivity contribution < 1.29 is 14.6 Å². The van der Waals surface area contributed by atoms with Gasteiger partial charge in [0.25, 0.3) is 0 Å². The third-order valence-corrected chi connectivity index (χ3v) is 5.29. The van der Waals surface area contributed by atoms with E-state index < -0.39 is 5.97 Å². The van der Waals surface area contributed by atoms with E-state index in [-0.39, 0.29) is 5.56 Å². The summed E-state index contributed by atoms with van der Waals surface area (Å²) in [7, 11) is 0. The Labute approximate surface area is 155 Å². The number of nitrogen functional groups attached to an aromatic ring is 1. The van der Waals surface area contributed by atoms with Crippen LogP contribution in [-0.4, -0.2) is 43.6 Å². The molecule has 0 fully saturated rings. The lowest BCUT2D eigenvalue weighted by Gasteiger charge is -2.07. The van der Waals surface area contributed by atoms with Crippen molar-refractivity contribution in [2.24, 2.45) is 0 Å². The Morgan fingerprint density at radius 1 is 1.32 bits per heavy atom. The summed E-state index contributed by atoms with van der Waals surface area (Å²) in [6, 6.07) is 6.37. The maximum absolute atomic E-state index is 10.8. The van der Waals surface area contributed by atoms with Crippen LogP contribution in [-0.2, 0) is 5.75 Å². The molecule has 1 aromatic carbocycles. The van der Waals surface area contributed by atoms with Crippen LogP contribution in [0.3, 0.4) is 0 Å². The van der Waals surface area contributed by atoms with E-state index in [0.29, 0.717) is 22.8 Å². The van der Waals surface area contributed by atoms with Crippen molar-refractivity contribution in [2.45, 2.75) is 36.4 Å². The van der Waals surface area contributed by atoms with Gasteiger partial charge in [-0.15, -0.1) is 10.2 Å². The largest absolute Gasteiger partial charge is 0.494 e. The summed E-state index contributed by atoms with van der Waals surface area (Å²) in [4.78, 5) is 10.8. The number of carboxylic acid groups (broad SMARTS) is 1. The van der Waals surface area contributed by atoms with Crippen molar-refractivity contribution in [2.75, 3.05) is 18.2 Å². The van der Waals surface area contributed by atoms with Gasteiger partial charge in [-0.25, -0.2) is 9.47 Å². The van der Waals surface area contributed by atoms with Crippen LogP contribution in [0.5, 0.6) is 5.75 Å². The maximum atomic E-state index is 10.8. The van der Waals surface area contributed by atoms with Crippen LogP contribution in [0.1, 0.15) is 36.5 Å². The van der Waals surface area contributed by atoms with Gasteiger partial charge in [-0.2, -0.15) is 11.8 Å². The lowest BCUT2D eigenvalue weighted by molar-refractivity contribution is 0.0697. The molecule has 0 spiro atoms. The highest BCUT2D eigenvalue weighted by Crippen LogP contribution is 2.20. The number of ether oxygens (including phenoxy) is 1. The smallest absolute Gasteiger partial charge is 0.335 e. The van der Waals surface area contributed by atoms with E-state index in [1.54, 1.807) is 40.3 Å². The van der Waals surface area contributed by atoms with Crippen LogP contribution in [0, 0.1) is 0 Å². The van der Waals surface area contributed by atoms with E-state index in [4.69, 9.17) is 15.7 Å². The molecule has 2 rings (SSSR count). The minimum absolute atomic E-state index is 0.247. The minimum Gasteiger partial charge on any atom is -0.494 e. The number of benzene rings is 1. The predicted octanol–water partition coefficient (Wildman–Crippen LogP) is 2.89. The van der Waals surface area contributed by atoms with Crippen molar-refractivity contribution in [1.82, 2.24) is 14.9 Å². The molecular weight excluding hydrogens is 360 g/mol. The summed E-state index contributed by atoms with van der Waals surface area (Å²) >= 11 is 3.32. The van der Waals surface area contributed by atoms with Gasteiger partial charge in [0.15, 0.2) is 5.82 Å². The van der Waals surface area contributed by atoms with Crippen molar-refractivity contribution >= 4 is 29.5 Å². The summed E-state index contributed by atoms with van der Waals surface area (Å²) in [5.74, 6) is 8.05. The van der Waals surface area contributed by atoms with Gasteiger partial charge < -0.3 is 15.7 Å². The molecule has 0 radical (unpaired) electrons. The van der Waals surface area contributed by atoms with Gasteiger partial charge in [-0.05, 0) is 35.9 Å². The first-order valence-corrected chi connectivity index (χ1v) is 9.90. The Hall–Kier alpha value is -1.87. The van der Waals surface area contributed by atoms with Crippen LogP contribution in [0.25, 0.3) is 0 Å². The predicted molar refractivity (Wildman–Crippen MR) is 101 cm³/mol. The van der Waals surface area contributed by atoms with E-state index >= 15 is 0 Å². The highest BCUT2D eigenvalue weighted by atomic mass is 32.2. The zero-order valence-electron chi connectivity index (χ0n) is 14.2.